The molecule has 0 aliphatic rings. The number of hydrogen-bond donors (Lipinski definition) is 0. The van der Waals surface area contributed by atoms with E-state index < -0.39 is 0 Å². The van der Waals surface area contributed by atoms with Gasteiger partial charge < -0.3 is 4.90 Å². The van der Waals surface area contributed by atoms with Crippen LogP contribution in [0.2, 0.25) is 5.15 Å². The topological polar surface area (TPSA) is 51.0 Å². The van der Waals surface area contributed by atoms with Gasteiger partial charge in [0.05, 0.1) is 18.1 Å². The molecule has 2 aromatic rings. The summed E-state index contributed by atoms with van der Waals surface area (Å²) in [5, 5.41) is 4.94. The molecule has 0 fully saturated rings. The minimum absolute atomic E-state index is 0.0707. The molecule has 2 aromatic heterocycles. The number of thioether (sulfide) groups is 1. The van der Waals surface area contributed by atoms with Crippen LogP contribution in [-0.4, -0.2) is 38.7 Å². The van der Waals surface area contributed by atoms with E-state index in [1.807, 2.05) is 25.3 Å². The van der Waals surface area contributed by atoms with Crippen molar-refractivity contribution in [1.82, 2.24) is 14.8 Å². The van der Waals surface area contributed by atoms with Crippen LogP contribution in [0.5, 0.6) is 0 Å². The van der Waals surface area contributed by atoms with Gasteiger partial charge in [-0.2, -0.15) is 16.9 Å². The predicted molar refractivity (Wildman–Crippen MR) is 96.6 cm³/mol. The molecule has 5 nitrogen and oxygen atoms in total. The highest BCUT2D eigenvalue weighted by Crippen LogP contribution is 2.27. The van der Waals surface area contributed by atoms with Crippen LogP contribution in [0, 0.1) is 0 Å². The third kappa shape index (κ3) is 4.26. The molecule has 0 radical (unpaired) electrons. The molecule has 0 N–H and O–H groups in total. The van der Waals surface area contributed by atoms with Crippen molar-refractivity contribution in [2.75, 3.05) is 17.7 Å². The first kappa shape index (κ1) is 17.8. The summed E-state index contributed by atoms with van der Waals surface area (Å²) < 4.78 is 1.65. The number of amides is 1. The zero-order valence-electron chi connectivity index (χ0n) is 13.6. The SMILES string of the molecule is CCC(CC(=O)N(CC)c1cn(-c2cccnc2)nc1Cl)SC. The number of aromatic nitrogens is 3. The monoisotopic (exact) mass is 352 g/mol. The molecule has 2 heterocycles. The number of carbonyl (C=O) groups is 1. The van der Waals surface area contributed by atoms with E-state index in [1.165, 1.54) is 0 Å². The average Bonchev–Trinajstić information content (AvgIpc) is 2.96. The lowest BCUT2D eigenvalue weighted by Gasteiger charge is -2.21. The van der Waals surface area contributed by atoms with Crippen molar-refractivity contribution in [2.45, 2.75) is 31.9 Å². The van der Waals surface area contributed by atoms with Crippen molar-refractivity contribution in [2.24, 2.45) is 0 Å². The number of hydrogen-bond acceptors (Lipinski definition) is 4. The molecular formula is C16H21ClN4OS. The second-order valence-corrected chi connectivity index (χ2v) is 6.57. The van der Waals surface area contributed by atoms with E-state index in [2.05, 4.69) is 17.0 Å². The first-order chi connectivity index (χ1) is 11.1. The van der Waals surface area contributed by atoms with Crippen LogP contribution >= 0.6 is 23.4 Å². The van der Waals surface area contributed by atoms with E-state index in [-0.39, 0.29) is 5.91 Å². The van der Waals surface area contributed by atoms with E-state index in [0.717, 1.165) is 12.1 Å². The highest BCUT2D eigenvalue weighted by atomic mass is 35.5. The first-order valence-corrected chi connectivity index (χ1v) is 9.26. The number of rotatable bonds is 7. The fourth-order valence-electron chi connectivity index (χ4n) is 2.33. The van der Waals surface area contributed by atoms with Crippen LogP contribution in [0.25, 0.3) is 5.69 Å². The van der Waals surface area contributed by atoms with Crippen LogP contribution in [-0.2, 0) is 4.79 Å². The van der Waals surface area contributed by atoms with Crippen molar-refractivity contribution < 1.29 is 4.79 Å². The molecule has 0 saturated carbocycles. The summed E-state index contributed by atoms with van der Waals surface area (Å²) in [5.41, 5.74) is 1.44. The Kier molecular flexibility index (Phi) is 6.47. The molecule has 1 amide bonds. The molecule has 0 bridgehead atoms. The molecular weight excluding hydrogens is 332 g/mol. The van der Waals surface area contributed by atoms with Crippen LogP contribution in [0.4, 0.5) is 5.69 Å². The maximum absolute atomic E-state index is 12.6. The van der Waals surface area contributed by atoms with Crippen molar-refractivity contribution in [1.29, 1.82) is 0 Å². The molecule has 0 aromatic carbocycles. The van der Waals surface area contributed by atoms with E-state index in [9.17, 15) is 4.79 Å². The lowest BCUT2D eigenvalue weighted by Crippen LogP contribution is -2.32. The molecule has 2 rings (SSSR count). The summed E-state index contributed by atoms with van der Waals surface area (Å²) in [7, 11) is 0. The maximum Gasteiger partial charge on any atom is 0.228 e. The normalized spacial score (nSPS) is 12.2. The summed E-state index contributed by atoms with van der Waals surface area (Å²) in [6, 6.07) is 3.72. The fourth-order valence-corrected chi connectivity index (χ4v) is 3.20. The largest absolute Gasteiger partial charge is 0.308 e. The highest BCUT2D eigenvalue weighted by molar-refractivity contribution is 7.99. The number of anilines is 1. The maximum atomic E-state index is 12.6. The van der Waals surface area contributed by atoms with Crippen LogP contribution in [0.1, 0.15) is 26.7 Å². The van der Waals surface area contributed by atoms with E-state index >= 15 is 0 Å². The minimum Gasteiger partial charge on any atom is -0.308 e. The molecule has 0 aliphatic heterocycles. The number of pyridine rings is 1. The molecule has 1 unspecified atom stereocenters. The predicted octanol–water partition coefficient (Wildman–Crippen LogP) is 3.81. The molecule has 0 aliphatic carbocycles. The Balaban J connectivity index is 2.25. The second-order valence-electron chi connectivity index (χ2n) is 5.07. The van der Waals surface area contributed by atoms with Crippen molar-refractivity contribution >= 4 is 35.0 Å². The quantitative estimate of drug-likeness (QED) is 0.760. The average molecular weight is 353 g/mol. The van der Waals surface area contributed by atoms with Crippen LogP contribution in [0.15, 0.2) is 30.7 Å². The zero-order chi connectivity index (χ0) is 16.8. The van der Waals surface area contributed by atoms with Gasteiger partial charge in [-0.25, -0.2) is 4.68 Å². The Morgan fingerprint density at radius 2 is 2.26 bits per heavy atom. The second kappa shape index (κ2) is 8.36. The zero-order valence-corrected chi connectivity index (χ0v) is 15.1. The summed E-state index contributed by atoms with van der Waals surface area (Å²) in [4.78, 5) is 18.4. The van der Waals surface area contributed by atoms with Gasteiger partial charge in [0.1, 0.15) is 5.69 Å². The summed E-state index contributed by atoms with van der Waals surface area (Å²) in [6.45, 7) is 4.59. The van der Waals surface area contributed by atoms with Crippen LogP contribution < -0.4 is 4.90 Å². The smallest absolute Gasteiger partial charge is 0.228 e. The first-order valence-electron chi connectivity index (χ1n) is 7.59. The van der Waals surface area contributed by atoms with Gasteiger partial charge in [-0.15, -0.1) is 0 Å². The van der Waals surface area contributed by atoms with Crippen LogP contribution in [0.3, 0.4) is 0 Å². The lowest BCUT2D eigenvalue weighted by molar-refractivity contribution is -0.118. The van der Waals surface area contributed by atoms with Gasteiger partial charge in [0, 0.05) is 24.4 Å². The Hall–Kier alpha value is -1.53. The number of nitrogens with zero attached hydrogens (tertiary/aromatic N) is 4. The number of halogens is 1. The molecule has 0 spiro atoms. The summed E-state index contributed by atoms with van der Waals surface area (Å²) in [6.07, 6.45) is 8.68. The number of carbonyl (C=O) groups excluding carboxylic acids is 1. The Bertz CT molecular complexity index is 643. The molecule has 7 heteroatoms. The minimum atomic E-state index is 0.0707. The van der Waals surface area contributed by atoms with Gasteiger partial charge in [-0.3, -0.25) is 9.78 Å². The van der Waals surface area contributed by atoms with E-state index in [1.54, 1.807) is 39.9 Å². The standard InChI is InChI=1S/C16H21ClN4OS/c1-4-13(23-3)9-15(22)20(5-2)14-11-21(19-16(14)17)12-7-6-8-18-10-12/h6-8,10-11,13H,4-5,9H2,1-3H3. The Labute approximate surface area is 146 Å². The third-order valence-electron chi connectivity index (χ3n) is 3.66. The van der Waals surface area contributed by atoms with Gasteiger partial charge in [0.15, 0.2) is 5.15 Å². The van der Waals surface area contributed by atoms with Gasteiger partial charge in [0.25, 0.3) is 0 Å². The van der Waals surface area contributed by atoms with Gasteiger partial charge in [-0.05, 0) is 31.7 Å². The van der Waals surface area contributed by atoms with Crippen molar-refractivity contribution in [3.8, 4) is 5.69 Å². The van der Waals surface area contributed by atoms with E-state index in [4.69, 9.17) is 11.6 Å². The summed E-state index contributed by atoms with van der Waals surface area (Å²) >= 11 is 7.98. The molecule has 23 heavy (non-hydrogen) atoms. The highest BCUT2D eigenvalue weighted by Gasteiger charge is 2.22. The lowest BCUT2D eigenvalue weighted by atomic mass is 10.2. The van der Waals surface area contributed by atoms with Crippen molar-refractivity contribution in [3.05, 3.63) is 35.9 Å². The van der Waals surface area contributed by atoms with Crippen molar-refractivity contribution in [3.63, 3.8) is 0 Å². The molecule has 0 saturated heterocycles. The molecule has 124 valence electrons. The fraction of sp³-hybridized carbons (Fsp3) is 0.438. The third-order valence-corrected chi connectivity index (χ3v) is 5.10. The Morgan fingerprint density at radius 1 is 1.48 bits per heavy atom. The van der Waals surface area contributed by atoms with Gasteiger partial charge in [0.2, 0.25) is 5.91 Å². The van der Waals surface area contributed by atoms with Gasteiger partial charge in [-0.1, -0.05) is 18.5 Å². The molecule has 1 atom stereocenters. The Morgan fingerprint density at radius 3 is 2.83 bits per heavy atom. The summed E-state index contributed by atoms with van der Waals surface area (Å²) in [5.74, 6) is 0.0707. The van der Waals surface area contributed by atoms with Gasteiger partial charge >= 0.3 is 0 Å². The van der Waals surface area contributed by atoms with E-state index in [0.29, 0.717) is 29.1 Å².